The van der Waals surface area contributed by atoms with Crippen LogP contribution in [0.4, 0.5) is 0 Å². The molecule has 3 aromatic heterocycles. The van der Waals surface area contributed by atoms with Gasteiger partial charge in [-0.2, -0.15) is 5.10 Å². The van der Waals surface area contributed by atoms with E-state index in [0.717, 1.165) is 39.2 Å². The minimum absolute atomic E-state index is 0.277. The highest BCUT2D eigenvalue weighted by Crippen LogP contribution is 2.35. The number of carbonyl (C=O) groups excluding carboxylic acids is 1. The quantitative estimate of drug-likeness (QED) is 0.319. The van der Waals surface area contributed by atoms with Crippen molar-refractivity contribution < 1.29 is 4.79 Å². The number of aryl methyl sites for hydroxylation is 2. The highest BCUT2D eigenvalue weighted by atomic mass is 16.2. The number of nitrogens with zero attached hydrogens (tertiary/aromatic N) is 4. The number of imidazole rings is 1. The molecule has 146 valence electrons. The summed E-state index contributed by atoms with van der Waals surface area (Å²) in [5.41, 5.74) is 9.65. The average Bonchev–Trinajstić information content (AvgIpc) is 3.28. The molecule has 1 aromatic carbocycles. The Bertz CT molecular complexity index is 1220. The van der Waals surface area contributed by atoms with Gasteiger partial charge in [0.05, 0.1) is 24.1 Å². The molecule has 0 saturated heterocycles. The van der Waals surface area contributed by atoms with E-state index < -0.39 is 0 Å². The van der Waals surface area contributed by atoms with Crippen LogP contribution in [-0.2, 0) is 0 Å². The molecule has 1 amide bonds. The van der Waals surface area contributed by atoms with E-state index in [0.29, 0.717) is 11.6 Å². The molecule has 0 radical (unpaired) electrons. The Balaban J connectivity index is 1.54. The zero-order valence-electron chi connectivity index (χ0n) is 16.4. The lowest BCUT2D eigenvalue weighted by Gasteiger charge is -2.11. The Morgan fingerprint density at radius 2 is 1.86 bits per heavy atom. The van der Waals surface area contributed by atoms with Gasteiger partial charge >= 0.3 is 0 Å². The first-order chi connectivity index (χ1) is 14.0. The van der Waals surface area contributed by atoms with Gasteiger partial charge in [-0.25, -0.2) is 10.8 Å². The van der Waals surface area contributed by atoms with E-state index in [1.165, 1.54) is 12.8 Å². The fourth-order valence-electron chi connectivity index (χ4n) is 3.94. The minimum atomic E-state index is -0.277. The lowest BCUT2D eigenvalue weighted by Crippen LogP contribution is -2.31. The second-order valence-corrected chi connectivity index (χ2v) is 7.69. The maximum Gasteiger partial charge on any atom is 0.265 e. The molecule has 1 aliphatic rings. The zero-order valence-corrected chi connectivity index (χ0v) is 16.4. The zero-order chi connectivity index (χ0) is 20.1. The van der Waals surface area contributed by atoms with E-state index in [9.17, 15) is 4.79 Å². The molecule has 1 fully saturated rings. The third-order valence-corrected chi connectivity index (χ3v) is 5.56. The third-order valence-electron chi connectivity index (χ3n) is 5.56. The van der Waals surface area contributed by atoms with E-state index >= 15 is 0 Å². The predicted octanol–water partition coefficient (Wildman–Crippen LogP) is 3.42. The second-order valence-electron chi connectivity index (χ2n) is 7.69. The second kappa shape index (κ2) is 6.56. The molecule has 0 atom stereocenters. The van der Waals surface area contributed by atoms with Gasteiger partial charge in [0.2, 0.25) is 0 Å². The number of nitrogens with one attached hydrogen (secondary N) is 1. The van der Waals surface area contributed by atoms with Crippen molar-refractivity contribution in [1.82, 2.24) is 24.6 Å². The summed E-state index contributed by atoms with van der Waals surface area (Å²) < 4.78 is 4.12. The molecule has 3 N–H and O–H groups in total. The van der Waals surface area contributed by atoms with Crippen LogP contribution in [0.5, 0.6) is 0 Å². The van der Waals surface area contributed by atoms with Crippen LogP contribution in [0.3, 0.4) is 0 Å². The van der Waals surface area contributed by atoms with Crippen LogP contribution in [-0.4, -0.2) is 25.1 Å². The van der Waals surface area contributed by atoms with Gasteiger partial charge in [-0.15, -0.1) is 0 Å². The van der Waals surface area contributed by atoms with Gasteiger partial charge in [-0.3, -0.25) is 19.3 Å². The van der Waals surface area contributed by atoms with E-state index in [-0.39, 0.29) is 5.91 Å². The Labute approximate surface area is 168 Å². The van der Waals surface area contributed by atoms with Crippen molar-refractivity contribution in [2.24, 2.45) is 5.84 Å². The lowest BCUT2D eigenvalue weighted by atomic mass is 9.97. The molecular weight excluding hydrogens is 364 g/mol. The summed E-state index contributed by atoms with van der Waals surface area (Å²) in [6.45, 7) is 3.83. The number of aromatic nitrogens is 4. The van der Waals surface area contributed by atoms with Crippen LogP contribution in [0.25, 0.3) is 28.0 Å². The highest BCUT2D eigenvalue weighted by Gasteiger charge is 2.24. The number of fused-ring (bicyclic) bond motifs is 1. The smallest absolute Gasteiger partial charge is 0.265 e. The van der Waals surface area contributed by atoms with Gasteiger partial charge in [0, 0.05) is 29.1 Å². The largest absolute Gasteiger partial charge is 0.300 e. The molecule has 7 nitrogen and oxygen atoms in total. The van der Waals surface area contributed by atoms with Crippen LogP contribution < -0.4 is 11.3 Å². The molecule has 0 unspecified atom stereocenters. The number of amides is 1. The average molecular weight is 386 g/mol. The summed E-state index contributed by atoms with van der Waals surface area (Å²) >= 11 is 0. The Hall–Kier alpha value is -3.45. The van der Waals surface area contributed by atoms with Gasteiger partial charge < -0.3 is 0 Å². The number of hydrogen-bond acceptors (Lipinski definition) is 4. The van der Waals surface area contributed by atoms with Crippen LogP contribution in [0.1, 0.15) is 40.4 Å². The Morgan fingerprint density at radius 3 is 2.55 bits per heavy atom. The molecule has 1 saturated carbocycles. The number of carbonyl (C=O) groups is 1. The standard InChI is InChI=1S/C22H22N6O/c1-13-7-16(8-14(2)21(13)22(29)26-23)19-11-24-20-9-15(5-6-27(19)20)17-10-25-28(12-17)18-3-4-18/h5-12,18H,3-4,23H2,1-2H3,(H,26,29). The first kappa shape index (κ1) is 17.6. The molecule has 1 aliphatic carbocycles. The number of rotatable bonds is 4. The fraction of sp³-hybridized carbons (Fsp3) is 0.227. The lowest BCUT2D eigenvalue weighted by molar-refractivity contribution is 0.0952. The maximum absolute atomic E-state index is 12.0. The van der Waals surface area contributed by atoms with E-state index in [2.05, 4.69) is 42.9 Å². The molecule has 5 rings (SSSR count). The maximum atomic E-state index is 12.0. The van der Waals surface area contributed by atoms with Crippen molar-refractivity contribution in [3.8, 4) is 22.4 Å². The minimum Gasteiger partial charge on any atom is -0.300 e. The number of hydrogen-bond donors (Lipinski definition) is 2. The molecule has 3 heterocycles. The van der Waals surface area contributed by atoms with Gasteiger partial charge in [0.15, 0.2) is 0 Å². The SMILES string of the molecule is Cc1cc(-c2cnc3cc(-c4cnn(C5CC5)c4)ccn23)cc(C)c1C(=O)NN. The normalized spacial score (nSPS) is 13.8. The highest BCUT2D eigenvalue weighted by molar-refractivity contribution is 5.97. The molecule has 7 heteroatoms. The van der Waals surface area contributed by atoms with Crippen LogP contribution in [0, 0.1) is 13.8 Å². The topological polar surface area (TPSA) is 90.2 Å². The van der Waals surface area contributed by atoms with Gasteiger partial charge in [-0.05, 0) is 67.6 Å². The molecule has 29 heavy (non-hydrogen) atoms. The van der Waals surface area contributed by atoms with Crippen LogP contribution >= 0.6 is 0 Å². The summed E-state index contributed by atoms with van der Waals surface area (Å²) in [5, 5.41) is 4.48. The van der Waals surface area contributed by atoms with E-state index in [1.807, 2.05) is 44.6 Å². The van der Waals surface area contributed by atoms with Gasteiger partial charge in [0.1, 0.15) is 5.65 Å². The van der Waals surface area contributed by atoms with Crippen molar-refractivity contribution in [2.75, 3.05) is 0 Å². The van der Waals surface area contributed by atoms with Crippen molar-refractivity contribution in [1.29, 1.82) is 0 Å². The molecule has 0 bridgehead atoms. The Kier molecular flexibility index (Phi) is 3.99. The number of hydrazine groups is 1. The van der Waals surface area contributed by atoms with Gasteiger partial charge in [-0.1, -0.05) is 0 Å². The van der Waals surface area contributed by atoms with Crippen molar-refractivity contribution >= 4 is 11.6 Å². The predicted molar refractivity (Wildman–Crippen MR) is 111 cm³/mol. The monoisotopic (exact) mass is 386 g/mol. The summed E-state index contributed by atoms with van der Waals surface area (Å²) in [5.74, 6) is 5.04. The summed E-state index contributed by atoms with van der Waals surface area (Å²) in [6.07, 6.45) is 10.4. The number of benzene rings is 1. The summed E-state index contributed by atoms with van der Waals surface area (Å²) in [4.78, 5) is 16.6. The fourth-order valence-corrected chi connectivity index (χ4v) is 3.94. The molecule has 0 aliphatic heterocycles. The Morgan fingerprint density at radius 1 is 1.10 bits per heavy atom. The van der Waals surface area contributed by atoms with Crippen molar-refractivity contribution in [3.63, 3.8) is 0 Å². The van der Waals surface area contributed by atoms with Crippen molar-refractivity contribution in [2.45, 2.75) is 32.7 Å². The first-order valence-corrected chi connectivity index (χ1v) is 9.69. The molecule has 4 aromatic rings. The van der Waals surface area contributed by atoms with Crippen LogP contribution in [0.15, 0.2) is 49.1 Å². The summed E-state index contributed by atoms with van der Waals surface area (Å²) in [7, 11) is 0. The number of nitrogen functional groups attached to an aromatic ring is 1. The van der Waals surface area contributed by atoms with E-state index in [4.69, 9.17) is 5.84 Å². The number of pyridine rings is 1. The summed E-state index contributed by atoms with van der Waals surface area (Å²) in [6, 6.07) is 8.72. The van der Waals surface area contributed by atoms with Gasteiger partial charge in [0.25, 0.3) is 5.91 Å². The molecular formula is C22H22N6O. The molecule has 0 spiro atoms. The van der Waals surface area contributed by atoms with E-state index in [1.54, 1.807) is 0 Å². The third kappa shape index (κ3) is 3.00. The first-order valence-electron chi connectivity index (χ1n) is 9.69. The number of nitrogens with two attached hydrogens (primary N) is 1. The van der Waals surface area contributed by atoms with Crippen LogP contribution in [0.2, 0.25) is 0 Å². The van der Waals surface area contributed by atoms with Crippen molar-refractivity contribution in [3.05, 3.63) is 65.7 Å².